The maximum atomic E-state index is 12.3. The number of benzene rings is 2. The van der Waals surface area contributed by atoms with E-state index in [9.17, 15) is 19.5 Å². The average Bonchev–Trinajstić information content (AvgIpc) is 3.10. The number of ether oxygens (including phenoxy) is 2. The maximum Gasteiger partial charge on any atom is 0.411 e. The number of anilines is 1. The third-order valence-corrected chi connectivity index (χ3v) is 4.91. The molecule has 0 aliphatic heterocycles. The zero-order chi connectivity index (χ0) is 22.7. The number of H-pyrrole nitrogens is 1. The van der Waals surface area contributed by atoms with Gasteiger partial charge >= 0.3 is 18.0 Å². The number of carboxylic acids is 1. The van der Waals surface area contributed by atoms with Crippen molar-refractivity contribution in [2.24, 2.45) is 0 Å². The monoisotopic (exact) mass is 462 g/mol. The van der Waals surface area contributed by atoms with Crippen molar-refractivity contribution in [1.82, 2.24) is 4.98 Å². The van der Waals surface area contributed by atoms with Crippen LogP contribution in [0.2, 0.25) is 10.0 Å². The molecule has 31 heavy (non-hydrogen) atoms. The summed E-state index contributed by atoms with van der Waals surface area (Å²) in [6.45, 7) is 0. The highest BCUT2D eigenvalue weighted by molar-refractivity contribution is 6.39. The second-order valence-corrected chi connectivity index (χ2v) is 7.12. The number of carboxylic acid groups (broad SMARTS) is 1. The van der Waals surface area contributed by atoms with Crippen LogP contribution >= 0.6 is 23.2 Å². The molecule has 1 amide bonds. The Bertz CT molecular complexity index is 1210. The molecule has 0 saturated carbocycles. The van der Waals surface area contributed by atoms with Crippen molar-refractivity contribution in [2.75, 3.05) is 19.5 Å². The molecule has 160 valence electrons. The summed E-state index contributed by atoms with van der Waals surface area (Å²) in [6.07, 6.45) is 0.673. The molecule has 0 radical (unpaired) electrons. The molecule has 0 bridgehead atoms. The number of amides is 1. The normalized spacial score (nSPS) is 11.3. The smallest absolute Gasteiger partial charge is 0.411 e. The molecule has 3 aromatic rings. The number of halogens is 2. The lowest BCUT2D eigenvalue weighted by Gasteiger charge is -2.07. The lowest BCUT2D eigenvalue weighted by molar-refractivity contribution is -0.130. The summed E-state index contributed by atoms with van der Waals surface area (Å²) in [5, 5.41) is 13.3. The van der Waals surface area contributed by atoms with Crippen molar-refractivity contribution in [2.45, 2.75) is 0 Å². The lowest BCUT2D eigenvalue weighted by atomic mass is 10.0. The van der Waals surface area contributed by atoms with Crippen LogP contribution < -0.4 is 5.32 Å². The summed E-state index contributed by atoms with van der Waals surface area (Å²) in [5.74, 6) is -1.93. The number of carbonyl (C=O) groups excluding carboxylic acids is 2. The Hall–Kier alpha value is -3.49. The largest absolute Gasteiger partial charge is 0.478 e. The zero-order valence-corrected chi connectivity index (χ0v) is 17.8. The van der Waals surface area contributed by atoms with Crippen molar-refractivity contribution in [1.29, 1.82) is 0 Å². The molecule has 0 saturated heterocycles. The van der Waals surface area contributed by atoms with E-state index in [1.54, 1.807) is 6.07 Å². The summed E-state index contributed by atoms with van der Waals surface area (Å²) in [4.78, 5) is 38.5. The number of hydrogen-bond acceptors (Lipinski definition) is 5. The van der Waals surface area contributed by atoms with Crippen LogP contribution in [0, 0.1) is 0 Å². The number of methoxy groups -OCH3 is 2. The fourth-order valence-corrected chi connectivity index (χ4v) is 3.59. The quantitative estimate of drug-likeness (QED) is 0.360. The van der Waals surface area contributed by atoms with Gasteiger partial charge in [0.15, 0.2) is 0 Å². The second-order valence-electron chi connectivity index (χ2n) is 6.27. The van der Waals surface area contributed by atoms with Crippen LogP contribution in [0.3, 0.4) is 0 Å². The van der Waals surface area contributed by atoms with Gasteiger partial charge in [0, 0.05) is 27.2 Å². The molecule has 0 spiro atoms. The molecule has 0 atom stereocenters. The molecule has 0 aliphatic carbocycles. The Kier molecular flexibility index (Phi) is 6.53. The van der Waals surface area contributed by atoms with Crippen molar-refractivity contribution >= 4 is 69.5 Å². The third kappa shape index (κ3) is 4.65. The molecule has 3 N–H and O–H groups in total. The van der Waals surface area contributed by atoms with Crippen molar-refractivity contribution in [3.8, 4) is 0 Å². The first-order valence-corrected chi connectivity index (χ1v) is 9.50. The molecule has 10 heteroatoms. The van der Waals surface area contributed by atoms with Gasteiger partial charge in [-0.1, -0.05) is 35.3 Å². The van der Waals surface area contributed by atoms with Gasteiger partial charge in [0.25, 0.3) is 0 Å². The van der Waals surface area contributed by atoms with E-state index in [0.29, 0.717) is 27.2 Å². The average molecular weight is 463 g/mol. The highest BCUT2D eigenvalue weighted by Crippen LogP contribution is 2.35. The summed E-state index contributed by atoms with van der Waals surface area (Å²) >= 11 is 12.4. The van der Waals surface area contributed by atoms with E-state index in [2.05, 4.69) is 15.0 Å². The van der Waals surface area contributed by atoms with E-state index in [-0.39, 0.29) is 21.9 Å². The SMILES string of the molecule is COC(=O)Nc1ccc(/C(=C/c2c(C(=O)OC)[nH]c3cc(Cl)cc(Cl)c23)C(=O)O)cc1. The first-order valence-electron chi connectivity index (χ1n) is 8.74. The predicted octanol–water partition coefficient (Wildman–Crippen LogP) is 5.06. The van der Waals surface area contributed by atoms with Gasteiger partial charge in [0.2, 0.25) is 0 Å². The maximum absolute atomic E-state index is 12.3. The molecule has 1 heterocycles. The Balaban J connectivity index is 2.17. The van der Waals surface area contributed by atoms with Crippen LogP contribution in [0.1, 0.15) is 21.6 Å². The molecule has 8 nitrogen and oxygen atoms in total. The zero-order valence-electron chi connectivity index (χ0n) is 16.3. The van der Waals surface area contributed by atoms with Gasteiger partial charge in [-0.2, -0.15) is 0 Å². The van der Waals surface area contributed by atoms with E-state index >= 15 is 0 Å². The van der Waals surface area contributed by atoms with Gasteiger partial charge in [-0.3, -0.25) is 5.32 Å². The number of carbonyl (C=O) groups is 3. The van der Waals surface area contributed by atoms with Crippen molar-refractivity contribution in [3.05, 3.63) is 63.3 Å². The molecule has 2 aromatic carbocycles. The molecule has 3 rings (SSSR count). The van der Waals surface area contributed by atoms with E-state index in [4.69, 9.17) is 27.9 Å². The molecule has 0 fully saturated rings. The highest BCUT2D eigenvalue weighted by Gasteiger charge is 2.22. The molecular formula is C21H16Cl2N2O6. The summed E-state index contributed by atoms with van der Waals surface area (Å²) < 4.78 is 9.33. The van der Waals surface area contributed by atoms with Gasteiger partial charge in [-0.25, -0.2) is 14.4 Å². The van der Waals surface area contributed by atoms with Crippen molar-refractivity contribution < 1.29 is 29.0 Å². The first kappa shape index (κ1) is 22.2. The Morgan fingerprint density at radius 1 is 1.06 bits per heavy atom. The molecule has 1 aromatic heterocycles. The topological polar surface area (TPSA) is 118 Å². The summed E-state index contributed by atoms with van der Waals surface area (Å²) in [5.41, 5.74) is 1.37. The number of nitrogens with one attached hydrogen (secondary N) is 2. The number of aliphatic carboxylic acids is 1. The van der Waals surface area contributed by atoms with Gasteiger partial charge in [0.05, 0.1) is 24.8 Å². The van der Waals surface area contributed by atoms with E-state index < -0.39 is 18.0 Å². The van der Waals surface area contributed by atoms with Crippen LogP contribution in [0.15, 0.2) is 36.4 Å². The second kappa shape index (κ2) is 9.11. The molecular weight excluding hydrogens is 447 g/mol. The van der Waals surface area contributed by atoms with E-state index in [1.165, 1.54) is 50.6 Å². The Labute approximate surface area is 186 Å². The van der Waals surface area contributed by atoms with E-state index in [0.717, 1.165) is 0 Å². The Morgan fingerprint density at radius 3 is 2.32 bits per heavy atom. The van der Waals surface area contributed by atoms with Crippen LogP contribution in [0.25, 0.3) is 22.6 Å². The van der Waals surface area contributed by atoms with Crippen LogP contribution in [-0.4, -0.2) is 42.3 Å². The minimum atomic E-state index is -1.23. The molecule has 0 unspecified atom stereocenters. The number of esters is 1. The lowest BCUT2D eigenvalue weighted by Crippen LogP contribution is -2.10. The van der Waals surface area contributed by atoms with Gasteiger partial charge < -0.3 is 19.6 Å². The van der Waals surface area contributed by atoms with Gasteiger partial charge in [0.1, 0.15) is 5.69 Å². The number of fused-ring (bicyclic) bond motifs is 1. The predicted molar refractivity (Wildman–Crippen MR) is 118 cm³/mol. The number of hydrogen-bond donors (Lipinski definition) is 3. The highest BCUT2D eigenvalue weighted by atomic mass is 35.5. The summed E-state index contributed by atoms with van der Waals surface area (Å²) in [6, 6.07) is 9.12. The summed E-state index contributed by atoms with van der Waals surface area (Å²) in [7, 11) is 2.44. The number of aromatic nitrogens is 1. The van der Waals surface area contributed by atoms with Crippen LogP contribution in [0.4, 0.5) is 10.5 Å². The number of rotatable bonds is 5. The minimum absolute atomic E-state index is 0.0318. The van der Waals surface area contributed by atoms with Crippen molar-refractivity contribution in [3.63, 3.8) is 0 Å². The number of aromatic amines is 1. The minimum Gasteiger partial charge on any atom is -0.478 e. The van der Waals surface area contributed by atoms with E-state index in [1.807, 2.05) is 0 Å². The van der Waals surface area contributed by atoms with Crippen LogP contribution in [0.5, 0.6) is 0 Å². The van der Waals surface area contributed by atoms with Gasteiger partial charge in [-0.15, -0.1) is 0 Å². The standard InChI is InChI=1S/C21H16Cl2N2O6/c1-30-20(28)18-14(17-15(23)7-11(22)8-16(17)25-18)9-13(19(26)27)10-3-5-12(6-4-10)24-21(29)31-2/h3-9,25H,1-2H3,(H,24,29)(H,26,27)/b13-9-. The third-order valence-electron chi connectivity index (χ3n) is 4.39. The fourth-order valence-electron chi connectivity index (χ4n) is 3.00. The Morgan fingerprint density at radius 2 is 1.74 bits per heavy atom. The van der Waals surface area contributed by atoms with Crippen LogP contribution in [-0.2, 0) is 14.3 Å². The van der Waals surface area contributed by atoms with Gasteiger partial charge in [-0.05, 0) is 35.9 Å². The first-order chi connectivity index (χ1) is 14.7. The fraction of sp³-hybridized carbons (Fsp3) is 0.0952. The molecule has 0 aliphatic rings.